The number of epoxide rings is 1. The van der Waals surface area contributed by atoms with Crippen molar-refractivity contribution in [2.75, 3.05) is 26.0 Å². The highest BCUT2D eigenvalue weighted by atomic mass is 32.2. The maximum Gasteiger partial charge on any atom is 0.694 e. The molecule has 1 aliphatic heterocycles. The van der Waals surface area contributed by atoms with E-state index in [-0.39, 0.29) is 11.7 Å². The maximum absolute atomic E-state index is 10.3. The van der Waals surface area contributed by atoms with E-state index in [1.54, 1.807) is 18.9 Å². The zero-order valence-electron chi connectivity index (χ0n) is 12.1. The van der Waals surface area contributed by atoms with Crippen LogP contribution in [-0.2, 0) is 18.6 Å². The summed E-state index contributed by atoms with van der Waals surface area (Å²) in [5, 5.41) is 3.36. The number of rotatable bonds is 13. The van der Waals surface area contributed by atoms with Crippen molar-refractivity contribution in [3.8, 4) is 0 Å². The van der Waals surface area contributed by atoms with Gasteiger partial charge >= 0.3 is 8.25 Å². The van der Waals surface area contributed by atoms with Gasteiger partial charge in [0.1, 0.15) is 18.9 Å². The van der Waals surface area contributed by atoms with Crippen molar-refractivity contribution in [3.63, 3.8) is 0 Å². The van der Waals surface area contributed by atoms with E-state index < -0.39 is 8.25 Å². The molecule has 0 spiro atoms. The summed E-state index contributed by atoms with van der Waals surface area (Å²) in [5.74, 6) is 0.962. The maximum atomic E-state index is 10.3. The fourth-order valence-electron chi connectivity index (χ4n) is 1.72. The summed E-state index contributed by atoms with van der Waals surface area (Å²) in [6, 6.07) is 0. The van der Waals surface area contributed by atoms with E-state index in [0.717, 1.165) is 38.0 Å². The number of methoxy groups -OCH3 is 1. The standard InChI is InChI=1S/C12H24NO5PS/c1-10(16-2)20-9-11-12(18-11)13-7-5-3-4-6-8-17-19(14)15/h10-13H,3-9H2,1-2H3/p+1. The summed E-state index contributed by atoms with van der Waals surface area (Å²) < 4.78 is 25.5. The molecule has 0 aliphatic carbocycles. The second kappa shape index (κ2) is 10.9. The van der Waals surface area contributed by atoms with Crippen LogP contribution in [0.25, 0.3) is 0 Å². The van der Waals surface area contributed by atoms with Gasteiger partial charge in [0, 0.05) is 17.4 Å². The Morgan fingerprint density at radius 3 is 2.85 bits per heavy atom. The van der Waals surface area contributed by atoms with Crippen LogP contribution >= 0.6 is 20.0 Å². The predicted molar refractivity (Wildman–Crippen MR) is 79.8 cm³/mol. The van der Waals surface area contributed by atoms with Crippen LogP contribution in [0, 0.1) is 0 Å². The molecule has 0 saturated carbocycles. The molecule has 4 unspecified atom stereocenters. The van der Waals surface area contributed by atoms with Crippen molar-refractivity contribution in [1.29, 1.82) is 0 Å². The van der Waals surface area contributed by atoms with Gasteiger partial charge < -0.3 is 9.47 Å². The molecule has 118 valence electrons. The van der Waals surface area contributed by atoms with Gasteiger partial charge in [0.2, 0.25) is 0 Å². The van der Waals surface area contributed by atoms with Gasteiger partial charge in [-0.05, 0) is 26.3 Å². The average Bonchev–Trinajstić information content (AvgIpc) is 3.17. The Kier molecular flexibility index (Phi) is 9.98. The van der Waals surface area contributed by atoms with E-state index in [4.69, 9.17) is 14.4 Å². The quantitative estimate of drug-likeness (QED) is 0.232. The Morgan fingerprint density at radius 1 is 1.40 bits per heavy atom. The number of ether oxygens (including phenoxy) is 2. The first-order valence-corrected chi connectivity index (χ1v) is 9.13. The molecule has 20 heavy (non-hydrogen) atoms. The van der Waals surface area contributed by atoms with Crippen LogP contribution in [0.15, 0.2) is 0 Å². The number of hydrogen-bond acceptors (Lipinski definition) is 6. The third-order valence-electron chi connectivity index (χ3n) is 3.03. The normalized spacial score (nSPS) is 23.6. The number of thioether (sulfide) groups is 1. The van der Waals surface area contributed by atoms with Gasteiger partial charge in [-0.25, -0.2) is 0 Å². The first-order valence-electron chi connectivity index (χ1n) is 6.95. The van der Waals surface area contributed by atoms with E-state index in [1.165, 1.54) is 0 Å². The lowest BCUT2D eigenvalue weighted by Gasteiger charge is -2.06. The summed E-state index contributed by atoms with van der Waals surface area (Å²) in [6.07, 6.45) is 4.53. The molecule has 0 aromatic heterocycles. The minimum atomic E-state index is -2.43. The molecular weight excluding hydrogens is 301 g/mol. The molecular formula is C12H25NO5PS+. The van der Waals surface area contributed by atoms with Gasteiger partial charge in [-0.3, -0.25) is 5.32 Å². The van der Waals surface area contributed by atoms with Crippen LogP contribution in [0.4, 0.5) is 0 Å². The van der Waals surface area contributed by atoms with Crippen molar-refractivity contribution < 1.29 is 23.5 Å². The Labute approximate surface area is 125 Å². The molecule has 1 rings (SSSR count). The van der Waals surface area contributed by atoms with Gasteiger partial charge in [0.15, 0.2) is 0 Å². The molecule has 1 fully saturated rings. The minimum Gasteiger partial charge on any atom is -0.371 e. The first kappa shape index (κ1) is 18.3. The van der Waals surface area contributed by atoms with Crippen LogP contribution in [0.5, 0.6) is 0 Å². The fourth-order valence-corrected chi connectivity index (χ4v) is 2.85. The average molecular weight is 326 g/mol. The van der Waals surface area contributed by atoms with Gasteiger partial charge in [0.05, 0.1) is 5.44 Å². The summed E-state index contributed by atoms with van der Waals surface area (Å²) in [5.41, 5.74) is 0.219. The van der Waals surface area contributed by atoms with Crippen molar-refractivity contribution in [3.05, 3.63) is 0 Å². The summed E-state index contributed by atoms with van der Waals surface area (Å²) in [7, 11) is -0.720. The van der Waals surface area contributed by atoms with Crippen molar-refractivity contribution in [1.82, 2.24) is 5.32 Å². The Bertz CT molecular complexity index is 285. The lowest BCUT2D eigenvalue weighted by molar-refractivity contribution is 0.187. The third kappa shape index (κ3) is 9.23. The van der Waals surface area contributed by atoms with E-state index in [1.807, 2.05) is 6.92 Å². The van der Waals surface area contributed by atoms with E-state index in [9.17, 15) is 4.57 Å². The molecule has 4 atom stereocenters. The van der Waals surface area contributed by atoms with Crippen LogP contribution in [0.1, 0.15) is 32.6 Å². The smallest absolute Gasteiger partial charge is 0.371 e. The van der Waals surface area contributed by atoms with E-state index in [2.05, 4.69) is 9.84 Å². The molecule has 8 heteroatoms. The summed E-state index contributed by atoms with van der Waals surface area (Å²) in [6.45, 7) is 3.34. The first-order chi connectivity index (χ1) is 9.63. The van der Waals surface area contributed by atoms with Crippen LogP contribution in [0.3, 0.4) is 0 Å². The van der Waals surface area contributed by atoms with Gasteiger partial charge in [-0.2, -0.15) is 0 Å². The van der Waals surface area contributed by atoms with E-state index in [0.29, 0.717) is 12.7 Å². The molecule has 0 bridgehead atoms. The molecule has 0 aromatic carbocycles. The largest absolute Gasteiger partial charge is 0.694 e. The van der Waals surface area contributed by atoms with Crippen LogP contribution in [-0.4, -0.2) is 48.7 Å². The Balaban J connectivity index is 1.81. The van der Waals surface area contributed by atoms with Gasteiger partial charge in [-0.1, -0.05) is 12.8 Å². The van der Waals surface area contributed by atoms with Crippen molar-refractivity contribution in [2.45, 2.75) is 50.4 Å². The Hall–Kier alpha value is 0.250. The third-order valence-corrected chi connectivity index (χ3v) is 4.61. The number of hydrogen-bond donors (Lipinski definition) is 2. The monoisotopic (exact) mass is 326 g/mol. The molecule has 1 saturated heterocycles. The second-order valence-corrected chi connectivity index (χ2v) is 6.74. The molecule has 0 aromatic rings. The highest BCUT2D eigenvalue weighted by molar-refractivity contribution is 7.99. The van der Waals surface area contributed by atoms with E-state index >= 15 is 0 Å². The van der Waals surface area contributed by atoms with Crippen molar-refractivity contribution >= 4 is 20.0 Å². The lowest BCUT2D eigenvalue weighted by Crippen LogP contribution is -2.22. The number of nitrogens with one attached hydrogen (secondary N) is 1. The highest BCUT2D eigenvalue weighted by Gasteiger charge is 2.38. The highest BCUT2D eigenvalue weighted by Crippen LogP contribution is 2.25. The molecule has 1 heterocycles. The van der Waals surface area contributed by atoms with Crippen LogP contribution < -0.4 is 5.32 Å². The van der Waals surface area contributed by atoms with Crippen molar-refractivity contribution in [2.24, 2.45) is 0 Å². The zero-order valence-corrected chi connectivity index (χ0v) is 13.8. The fraction of sp³-hybridized carbons (Fsp3) is 1.00. The minimum absolute atomic E-state index is 0.202. The zero-order chi connectivity index (χ0) is 14.8. The van der Waals surface area contributed by atoms with Gasteiger partial charge in [-0.15, -0.1) is 21.2 Å². The topological polar surface area (TPSA) is 80.3 Å². The molecule has 6 nitrogen and oxygen atoms in total. The molecule has 0 amide bonds. The Morgan fingerprint density at radius 2 is 2.15 bits per heavy atom. The second-order valence-electron chi connectivity index (χ2n) is 4.67. The lowest BCUT2D eigenvalue weighted by atomic mass is 10.2. The SMILES string of the molecule is COC(C)SCC1OC1NCCCCCCO[P+](=O)O. The molecule has 1 aliphatic rings. The summed E-state index contributed by atoms with van der Waals surface area (Å²) in [4.78, 5) is 8.43. The van der Waals surface area contributed by atoms with Gasteiger partial charge in [0.25, 0.3) is 0 Å². The summed E-state index contributed by atoms with van der Waals surface area (Å²) >= 11 is 1.76. The molecule has 0 radical (unpaired) electrons. The predicted octanol–water partition coefficient (Wildman–Crippen LogP) is 2.25. The number of unbranched alkanes of at least 4 members (excludes halogenated alkanes) is 3. The van der Waals surface area contributed by atoms with Crippen LogP contribution in [0.2, 0.25) is 0 Å². The molecule has 2 N–H and O–H groups in total.